The van der Waals surface area contributed by atoms with Crippen LogP contribution in [0.3, 0.4) is 0 Å². The van der Waals surface area contributed by atoms with Crippen molar-refractivity contribution in [2.75, 3.05) is 6.61 Å². The SMILES string of the molecule is CCCC(=O)NNC(=O)COc1ccc(CC)cc1. The topological polar surface area (TPSA) is 67.4 Å². The number of amides is 2. The van der Waals surface area contributed by atoms with Gasteiger partial charge in [-0.05, 0) is 30.5 Å². The van der Waals surface area contributed by atoms with E-state index in [0.29, 0.717) is 12.2 Å². The van der Waals surface area contributed by atoms with Crippen molar-refractivity contribution >= 4 is 11.8 Å². The first-order valence-corrected chi connectivity index (χ1v) is 6.45. The molecule has 0 aliphatic heterocycles. The molecular weight excluding hydrogens is 244 g/mol. The Morgan fingerprint density at radius 1 is 1.05 bits per heavy atom. The first-order valence-electron chi connectivity index (χ1n) is 6.45. The van der Waals surface area contributed by atoms with Crippen LogP contribution in [0, 0.1) is 0 Å². The fraction of sp³-hybridized carbons (Fsp3) is 0.429. The average molecular weight is 264 g/mol. The summed E-state index contributed by atoms with van der Waals surface area (Å²) in [4.78, 5) is 22.5. The van der Waals surface area contributed by atoms with Crippen molar-refractivity contribution in [3.05, 3.63) is 29.8 Å². The Kier molecular flexibility index (Phi) is 6.43. The third kappa shape index (κ3) is 5.90. The maximum Gasteiger partial charge on any atom is 0.276 e. The van der Waals surface area contributed by atoms with Crippen LogP contribution in [0.15, 0.2) is 24.3 Å². The lowest BCUT2D eigenvalue weighted by Crippen LogP contribution is -2.43. The van der Waals surface area contributed by atoms with E-state index in [2.05, 4.69) is 17.8 Å². The van der Waals surface area contributed by atoms with E-state index in [-0.39, 0.29) is 18.4 Å². The van der Waals surface area contributed by atoms with E-state index >= 15 is 0 Å². The fourth-order valence-electron chi connectivity index (χ4n) is 1.44. The molecule has 1 aromatic rings. The Morgan fingerprint density at radius 2 is 1.68 bits per heavy atom. The van der Waals surface area contributed by atoms with E-state index in [9.17, 15) is 9.59 Å². The minimum atomic E-state index is -0.385. The van der Waals surface area contributed by atoms with Crippen molar-refractivity contribution < 1.29 is 14.3 Å². The number of carbonyl (C=O) groups is 2. The molecule has 0 aliphatic carbocycles. The van der Waals surface area contributed by atoms with Gasteiger partial charge in [-0.3, -0.25) is 20.4 Å². The van der Waals surface area contributed by atoms with Gasteiger partial charge in [-0.1, -0.05) is 26.0 Å². The summed E-state index contributed by atoms with van der Waals surface area (Å²) >= 11 is 0. The molecule has 0 unspecified atom stereocenters. The Balaban J connectivity index is 2.27. The summed E-state index contributed by atoms with van der Waals surface area (Å²) in [5.41, 5.74) is 5.83. The summed E-state index contributed by atoms with van der Waals surface area (Å²) in [6.07, 6.45) is 2.09. The van der Waals surface area contributed by atoms with Crippen molar-refractivity contribution in [1.29, 1.82) is 0 Å². The Labute approximate surface area is 113 Å². The molecule has 19 heavy (non-hydrogen) atoms. The average Bonchev–Trinajstić information content (AvgIpc) is 2.44. The van der Waals surface area contributed by atoms with Gasteiger partial charge in [-0.2, -0.15) is 0 Å². The summed E-state index contributed by atoms with van der Waals surface area (Å²) in [5, 5.41) is 0. The monoisotopic (exact) mass is 264 g/mol. The van der Waals surface area contributed by atoms with Crippen LogP contribution in [0.5, 0.6) is 5.75 Å². The van der Waals surface area contributed by atoms with Gasteiger partial charge >= 0.3 is 0 Å². The predicted octanol–water partition coefficient (Wildman–Crippen LogP) is 1.58. The van der Waals surface area contributed by atoms with Gasteiger partial charge in [0, 0.05) is 6.42 Å². The van der Waals surface area contributed by atoms with Crippen molar-refractivity contribution in [3.8, 4) is 5.75 Å². The number of aryl methyl sites for hydroxylation is 1. The van der Waals surface area contributed by atoms with Crippen LogP contribution in [-0.4, -0.2) is 18.4 Å². The van der Waals surface area contributed by atoms with Crippen molar-refractivity contribution in [2.24, 2.45) is 0 Å². The van der Waals surface area contributed by atoms with Crippen LogP contribution in [-0.2, 0) is 16.0 Å². The molecule has 0 fully saturated rings. The highest BCUT2D eigenvalue weighted by atomic mass is 16.5. The Hall–Kier alpha value is -2.04. The lowest BCUT2D eigenvalue weighted by molar-refractivity contribution is -0.130. The maximum atomic E-state index is 11.4. The molecule has 0 aliphatic rings. The number of rotatable bonds is 6. The molecule has 1 aromatic carbocycles. The van der Waals surface area contributed by atoms with Crippen LogP contribution >= 0.6 is 0 Å². The standard InChI is InChI=1S/C14H20N2O3/c1-3-5-13(17)15-16-14(18)10-19-12-8-6-11(4-2)7-9-12/h6-9H,3-5,10H2,1-2H3,(H,15,17)(H,16,18). The number of hydrogen-bond donors (Lipinski definition) is 2. The van der Waals surface area contributed by atoms with Gasteiger partial charge in [-0.25, -0.2) is 0 Å². The second-order valence-electron chi connectivity index (χ2n) is 4.13. The van der Waals surface area contributed by atoms with Crippen LogP contribution in [0.2, 0.25) is 0 Å². The van der Waals surface area contributed by atoms with E-state index < -0.39 is 0 Å². The number of ether oxygens (including phenoxy) is 1. The van der Waals surface area contributed by atoms with E-state index in [1.165, 1.54) is 5.56 Å². The molecule has 0 saturated carbocycles. The number of hydrazine groups is 1. The summed E-state index contributed by atoms with van der Waals surface area (Å²) in [5.74, 6) is 0.0411. The molecule has 0 atom stereocenters. The zero-order valence-electron chi connectivity index (χ0n) is 11.4. The van der Waals surface area contributed by atoms with Crippen molar-refractivity contribution in [2.45, 2.75) is 33.1 Å². The quantitative estimate of drug-likeness (QED) is 0.766. The third-order valence-electron chi connectivity index (χ3n) is 2.52. The second-order valence-corrected chi connectivity index (χ2v) is 4.13. The van der Waals surface area contributed by atoms with Gasteiger partial charge in [-0.15, -0.1) is 0 Å². The van der Waals surface area contributed by atoms with Gasteiger partial charge in [0.2, 0.25) is 5.91 Å². The van der Waals surface area contributed by atoms with E-state index in [0.717, 1.165) is 12.8 Å². The largest absolute Gasteiger partial charge is 0.484 e. The summed E-state index contributed by atoms with van der Waals surface area (Å²) in [7, 11) is 0. The molecule has 5 nitrogen and oxygen atoms in total. The molecule has 0 spiro atoms. The lowest BCUT2D eigenvalue weighted by atomic mass is 10.2. The molecule has 0 saturated heterocycles. The maximum absolute atomic E-state index is 11.4. The van der Waals surface area contributed by atoms with Gasteiger partial charge in [0.25, 0.3) is 5.91 Å². The molecule has 0 bridgehead atoms. The molecule has 0 aromatic heterocycles. The number of nitrogens with one attached hydrogen (secondary N) is 2. The van der Waals surface area contributed by atoms with E-state index in [1.807, 2.05) is 31.2 Å². The number of benzene rings is 1. The van der Waals surface area contributed by atoms with Gasteiger partial charge in [0.05, 0.1) is 0 Å². The van der Waals surface area contributed by atoms with Gasteiger partial charge in [0.1, 0.15) is 5.75 Å². The minimum absolute atomic E-state index is 0.127. The smallest absolute Gasteiger partial charge is 0.276 e. The molecule has 5 heteroatoms. The van der Waals surface area contributed by atoms with Crippen LogP contribution in [0.1, 0.15) is 32.3 Å². The molecule has 2 amide bonds. The van der Waals surface area contributed by atoms with Gasteiger partial charge in [0.15, 0.2) is 6.61 Å². The highest BCUT2D eigenvalue weighted by Crippen LogP contribution is 2.12. The van der Waals surface area contributed by atoms with Crippen molar-refractivity contribution in [3.63, 3.8) is 0 Å². The molecule has 2 N–H and O–H groups in total. The van der Waals surface area contributed by atoms with E-state index in [4.69, 9.17) is 4.74 Å². The fourth-order valence-corrected chi connectivity index (χ4v) is 1.44. The number of carbonyl (C=O) groups excluding carboxylic acids is 2. The molecule has 0 radical (unpaired) electrons. The lowest BCUT2D eigenvalue weighted by Gasteiger charge is -2.08. The first kappa shape index (κ1) is 15.0. The second kappa shape index (κ2) is 8.13. The zero-order chi connectivity index (χ0) is 14.1. The van der Waals surface area contributed by atoms with Crippen LogP contribution in [0.4, 0.5) is 0 Å². The number of hydrogen-bond acceptors (Lipinski definition) is 3. The Bertz CT molecular complexity index is 415. The zero-order valence-corrected chi connectivity index (χ0v) is 11.4. The molecular formula is C14H20N2O3. The molecule has 104 valence electrons. The van der Waals surface area contributed by atoms with Crippen LogP contribution in [0.25, 0.3) is 0 Å². The normalized spacial score (nSPS) is 9.79. The molecule has 0 heterocycles. The summed E-state index contributed by atoms with van der Waals surface area (Å²) in [6.45, 7) is 3.84. The van der Waals surface area contributed by atoms with Crippen LogP contribution < -0.4 is 15.6 Å². The highest BCUT2D eigenvalue weighted by Gasteiger charge is 2.04. The van der Waals surface area contributed by atoms with Gasteiger partial charge < -0.3 is 4.74 Å². The third-order valence-corrected chi connectivity index (χ3v) is 2.52. The summed E-state index contributed by atoms with van der Waals surface area (Å²) < 4.78 is 5.30. The highest BCUT2D eigenvalue weighted by molar-refractivity contribution is 5.82. The Morgan fingerprint density at radius 3 is 2.26 bits per heavy atom. The molecule has 1 rings (SSSR count). The van der Waals surface area contributed by atoms with Crippen molar-refractivity contribution in [1.82, 2.24) is 10.9 Å². The van der Waals surface area contributed by atoms with E-state index in [1.54, 1.807) is 0 Å². The predicted molar refractivity (Wildman–Crippen MR) is 72.5 cm³/mol. The minimum Gasteiger partial charge on any atom is -0.484 e. The first-order chi connectivity index (χ1) is 9.15. The summed E-state index contributed by atoms with van der Waals surface area (Å²) in [6, 6.07) is 7.55.